The lowest BCUT2D eigenvalue weighted by molar-refractivity contribution is 0.199. The fraction of sp³-hybridized carbons (Fsp3) is 0.182. The van der Waals surface area contributed by atoms with E-state index in [1.54, 1.807) is 24.0 Å². The van der Waals surface area contributed by atoms with Crippen molar-refractivity contribution < 1.29 is 5.11 Å². The summed E-state index contributed by atoms with van der Waals surface area (Å²) in [4.78, 5) is 0. The van der Waals surface area contributed by atoms with Crippen molar-refractivity contribution in [3.05, 3.63) is 47.2 Å². The van der Waals surface area contributed by atoms with Crippen LogP contribution in [0, 0.1) is 0 Å². The summed E-state index contributed by atoms with van der Waals surface area (Å²) in [6.45, 7) is 1.73. The van der Waals surface area contributed by atoms with E-state index in [-0.39, 0.29) is 0 Å². The van der Waals surface area contributed by atoms with E-state index in [4.69, 9.17) is 11.6 Å². The Kier molecular flexibility index (Phi) is 2.75. The first-order chi connectivity index (χ1) is 7.18. The molecule has 0 saturated heterocycles. The first-order valence-corrected chi connectivity index (χ1v) is 5.04. The molecule has 0 bridgehead atoms. The Hall–Kier alpha value is -1.32. The van der Waals surface area contributed by atoms with Crippen LogP contribution in [0.3, 0.4) is 0 Å². The van der Waals surface area contributed by atoms with Gasteiger partial charge in [0.25, 0.3) is 0 Å². The van der Waals surface area contributed by atoms with Crippen LogP contribution >= 0.6 is 11.6 Å². The fourth-order valence-corrected chi connectivity index (χ4v) is 1.62. The van der Waals surface area contributed by atoms with Crippen LogP contribution in [0.1, 0.15) is 18.6 Å². The lowest BCUT2D eigenvalue weighted by atomic mass is 10.1. The van der Waals surface area contributed by atoms with E-state index >= 15 is 0 Å². The van der Waals surface area contributed by atoms with E-state index in [1.807, 2.05) is 24.3 Å². The molecule has 1 aromatic heterocycles. The molecule has 3 nitrogen and oxygen atoms in total. The molecule has 0 spiro atoms. The van der Waals surface area contributed by atoms with Crippen LogP contribution in [0.4, 0.5) is 0 Å². The van der Waals surface area contributed by atoms with Crippen LogP contribution in [0.25, 0.3) is 5.69 Å². The summed E-state index contributed by atoms with van der Waals surface area (Å²) in [5.41, 5.74) is 1.68. The number of rotatable bonds is 2. The topological polar surface area (TPSA) is 38.0 Å². The second-order valence-corrected chi connectivity index (χ2v) is 3.77. The van der Waals surface area contributed by atoms with Crippen molar-refractivity contribution in [3.8, 4) is 5.69 Å². The second kappa shape index (κ2) is 4.04. The quantitative estimate of drug-likeness (QED) is 0.848. The molecule has 4 heteroatoms. The molecular formula is C11H11ClN2O. The number of hydrogen-bond donors (Lipinski definition) is 1. The van der Waals surface area contributed by atoms with Crippen LogP contribution in [-0.2, 0) is 0 Å². The van der Waals surface area contributed by atoms with Gasteiger partial charge in [-0.1, -0.05) is 29.8 Å². The fourth-order valence-electron chi connectivity index (χ4n) is 1.48. The summed E-state index contributed by atoms with van der Waals surface area (Å²) in [5.74, 6) is 0. The minimum absolute atomic E-state index is 0.524. The van der Waals surface area contributed by atoms with Crippen LogP contribution in [-0.4, -0.2) is 14.9 Å². The van der Waals surface area contributed by atoms with Crippen LogP contribution < -0.4 is 0 Å². The Morgan fingerprint density at radius 1 is 1.40 bits per heavy atom. The molecule has 78 valence electrons. The summed E-state index contributed by atoms with van der Waals surface area (Å²) in [6.07, 6.45) is 2.76. The Balaban J connectivity index is 2.52. The minimum atomic E-state index is -0.524. The maximum atomic E-state index is 9.60. The van der Waals surface area contributed by atoms with E-state index in [9.17, 15) is 5.11 Å². The van der Waals surface area contributed by atoms with Gasteiger partial charge in [-0.3, -0.25) is 0 Å². The van der Waals surface area contributed by atoms with Gasteiger partial charge in [0.15, 0.2) is 0 Å². The zero-order valence-corrected chi connectivity index (χ0v) is 9.02. The highest BCUT2D eigenvalue weighted by Crippen LogP contribution is 2.21. The molecule has 0 aliphatic heterocycles. The van der Waals surface area contributed by atoms with E-state index in [1.165, 1.54) is 0 Å². The number of aliphatic hydroxyl groups excluding tert-OH is 1. The molecule has 1 N–H and O–H groups in total. The van der Waals surface area contributed by atoms with E-state index in [2.05, 4.69) is 5.10 Å². The molecule has 15 heavy (non-hydrogen) atoms. The van der Waals surface area contributed by atoms with E-state index in [0.29, 0.717) is 5.02 Å². The summed E-state index contributed by atoms with van der Waals surface area (Å²) in [7, 11) is 0. The van der Waals surface area contributed by atoms with Crippen molar-refractivity contribution in [3.63, 3.8) is 0 Å². The number of aromatic nitrogens is 2. The molecule has 1 aromatic carbocycles. The molecule has 0 unspecified atom stereocenters. The Morgan fingerprint density at radius 2 is 2.13 bits per heavy atom. The Morgan fingerprint density at radius 3 is 2.73 bits per heavy atom. The van der Waals surface area contributed by atoms with Gasteiger partial charge in [0.1, 0.15) is 0 Å². The number of nitrogens with zero attached hydrogens (tertiary/aromatic N) is 2. The van der Waals surface area contributed by atoms with Crippen LogP contribution in [0.5, 0.6) is 0 Å². The highest BCUT2D eigenvalue weighted by Gasteiger charge is 2.09. The molecule has 0 saturated carbocycles. The standard InChI is InChI=1S/C11H11ClN2O/c1-8(15)10-4-2-3-5-11(10)14-7-9(12)6-13-14/h2-8,15H,1H3/t8-/m0/s1. The van der Waals surface area contributed by atoms with Crippen LogP contribution in [0.2, 0.25) is 5.02 Å². The molecule has 0 aliphatic rings. The monoisotopic (exact) mass is 222 g/mol. The number of para-hydroxylation sites is 1. The summed E-state index contributed by atoms with van der Waals surface area (Å²) >= 11 is 5.80. The minimum Gasteiger partial charge on any atom is -0.389 e. The zero-order chi connectivity index (χ0) is 10.8. The van der Waals surface area contributed by atoms with Crippen molar-refractivity contribution >= 4 is 11.6 Å². The molecule has 2 aromatic rings. The van der Waals surface area contributed by atoms with Gasteiger partial charge < -0.3 is 5.11 Å². The number of hydrogen-bond acceptors (Lipinski definition) is 2. The Bertz CT molecular complexity index is 465. The van der Waals surface area contributed by atoms with Crippen molar-refractivity contribution in [1.82, 2.24) is 9.78 Å². The second-order valence-electron chi connectivity index (χ2n) is 3.34. The van der Waals surface area contributed by atoms with Gasteiger partial charge in [0.05, 0.1) is 23.0 Å². The van der Waals surface area contributed by atoms with Gasteiger partial charge in [-0.05, 0) is 13.0 Å². The highest BCUT2D eigenvalue weighted by atomic mass is 35.5. The van der Waals surface area contributed by atoms with Crippen molar-refractivity contribution in [2.24, 2.45) is 0 Å². The third-order valence-electron chi connectivity index (χ3n) is 2.18. The summed E-state index contributed by atoms with van der Waals surface area (Å²) < 4.78 is 1.66. The van der Waals surface area contributed by atoms with E-state index in [0.717, 1.165) is 11.3 Å². The Labute approximate surface area is 92.9 Å². The number of halogens is 1. The first kappa shape index (κ1) is 10.2. The van der Waals surface area contributed by atoms with Crippen molar-refractivity contribution in [2.75, 3.05) is 0 Å². The van der Waals surface area contributed by atoms with Crippen LogP contribution in [0.15, 0.2) is 36.7 Å². The lowest BCUT2D eigenvalue weighted by Gasteiger charge is -2.11. The van der Waals surface area contributed by atoms with Gasteiger partial charge in [-0.25, -0.2) is 4.68 Å². The van der Waals surface area contributed by atoms with Gasteiger partial charge in [-0.2, -0.15) is 5.10 Å². The normalized spacial score (nSPS) is 12.7. The highest BCUT2D eigenvalue weighted by molar-refractivity contribution is 6.30. The third-order valence-corrected chi connectivity index (χ3v) is 2.38. The molecule has 2 rings (SSSR count). The first-order valence-electron chi connectivity index (χ1n) is 4.66. The smallest absolute Gasteiger partial charge is 0.0790 e. The molecule has 0 fully saturated rings. The van der Waals surface area contributed by atoms with Gasteiger partial charge >= 0.3 is 0 Å². The van der Waals surface area contributed by atoms with Crippen molar-refractivity contribution in [2.45, 2.75) is 13.0 Å². The molecule has 1 heterocycles. The van der Waals surface area contributed by atoms with E-state index < -0.39 is 6.10 Å². The summed E-state index contributed by atoms with van der Waals surface area (Å²) in [5, 5.41) is 14.3. The van der Waals surface area contributed by atoms with Gasteiger partial charge in [0, 0.05) is 11.8 Å². The molecule has 1 atom stereocenters. The average Bonchev–Trinajstić information content (AvgIpc) is 2.65. The maximum Gasteiger partial charge on any atom is 0.0790 e. The lowest BCUT2D eigenvalue weighted by Crippen LogP contribution is -2.02. The molecule has 0 aliphatic carbocycles. The maximum absolute atomic E-state index is 9.60. The van der Waals surface area contributed by atoms with Gasteiger partial charge in [0.2, 0.25) is 0 Å². The molecule has 0 radical (unpaired) electrons. The predicted molar refractivity (Wildman–Crippen MR) is 59.2 cm³/mol. The third kappa shape index (κ3) is 2.03. The summed E-state index contributed by atoms with van der Waals surface area (Å²) in [6, 6.07) is 7.55. The largest absolute Gasteiger partial charge is 0.389 e. The molecule has 0 amide bonds. The van der Waals surface area contributed by atoms with Crippen molar-refractivity contribution in [1.29, 1.82) is 0 Å². The zero-order valence-electron chi connectivity index (χ0n) is 8.26. The van der Waals surface area contributed by atoms with Gasteiger partial charge in [-0.15, -0.1) is 0 Å². The predicted octanol–water partition coefficient (Wildman–Crippen LogP) is 2.58. The number of benzene rings is 1. The molecular weight excluding hydrogens is 212 g/mol. The number of aliphatic hydroxyl groups is 1. The average molecular weight is 223 g/mol. The SMILES string of the molecule is C[C@H](O)c1ccccc1-n1cc(Cl)cn1.